The number of urea groups is 1. The van der Waals surface area contributed by atoms with Gasteiger partial charge < -0.3 is 10.5 Å². The van der Waals surface area contributed by atoms with E-state index in [1.165, 1.54) is 12.1 Å². The zero-order chi connectivity index (χ0) is 14.0. The highest BCUT2D eigenvalue weighted by molar-refractivity contribution is 6.04. The maximum atomic E-state index is 13.3. The van der Waals surface area contributed by atoms with Gasteiger partial charge >= 0.3 is 6.03 Å². The molecular formula is C13H16FN3O2. The number of primary amides is 1. The lowest BCUT2D eigenvalue weighted by Crippen LogP contribution is -2.39. The Morgan fingerprint density at radius 1 is 1.63 bits per heavy atom. The molecule has 1 unspecified atom stereocenters. The summed E-state index contributed by atoms with van der Waals surface area (Å²) < 4.78 is 19.1. The van der Waals surface area contributed by atoms with E-state index in [0.29, 0.717) is 23.4 Å². The minimum absolute atomic E-state index is 0.374. The van der Waals surface area contributed by atoms with Crippen molar-refractivity contribution >= 4 is 11.7 Å². The van der Waals surface area contributed by atoms with Gasteiger partial charge in [-0.15, -0.1) is 0 Å². The van der Waals surface area contributed by atoms with Crippen LogP contribution < -0.4 is 15.9 Å². The number of carbonyl (C=O) groups is 1. The van der Waals surface area contributed by atoms with Crippen LogP contribution in [0.25, 0.3) is 0 Å². The Morgan fingerprint density at radius 3 is 3.00 bits per heavy atom. The lowest BCUT2D eigenvalue weighted by atomic mass is 9.89. The summed E-state index contributed by atoms with van der Waals surface area (Å²) in [5, 5.41) is 3.99. The minimum atomic E-state index is -0.735. The van der Waals surface area contributed by atoms with Crippen LogP contribution in [0.5, 0.6) is 5.75 Å². The SMILES string of the molecule is CCC1(C)C/C(=N\NC(N)=O)c2ccc(F)cc2O1. The largest absolute Gasteiger partial charge is 0.486 e. The highest BCUT2D eigenvalue weighted by atomic mass is 19.1. The fourth-order valence-electron chi connectivity index (χ4n) is 1.99. The summed E-state index contributed by atoms with van der Waals surface area (Å²) in [5.41, 5.74) is 8.04. The molecule has 0 saturated carbocycles. The van der Waals surface area contributed by atoms with Gasteiger partial charge in [0.25, 0.3) is 0 Å². The van der Waals surface area contributed by atoms with Crippen molar-refractivity contribution in [2.75, 3.05) is 0 Å². The molecule has 1 atom stereocenters. The first-order valence-electron chi connectivity index (χ1n) is 6.04. The van der Waals surface area contributed by atoms with E-state index in [2.05, 4.69) is 10.5 Å². The van der Waals surface area contributed by atoms with Crippen LogP contribution in [0.2, 0.25) is 0 Å². The molecule has 0 saturated heterocycles. The fourth-order valence-corrected chi connectivity index (χ4v) is 1.99. The van der Waals surface area contributed by atoms with Gasteiger partial charge in [-0.3, -0.25) is 0 Å². The van der Waals surface area contributed by atoms with Crippen molar-refractivity contribution in [2.24, 2.45) is 10.8 Å². The molecule has 19 heavy (non-hydrogen) atoms. The average molecular weight is 265 g/mol. The van der Waals surface area contributed by atoms with Crippen LogP contribution in [0, 0.1) is 5.82 Å². The van der Waals surface area contributed by atoms with Crippen LogP contribution in [0.3, 0.4) is 0 Å². The Bertz CT molecular complexity index is 545. The molecule has 102 valence electrons. The number of hydrogen-bond donors (Lipinski definition) is 2. The minimum Gasteiger partial charge on any atom is -0.486 e. The molecule has 0 radical (unpaired) electrons. The predicted molar refractivity (Wildman–Crippen MR) is 69.6 cm³/mol. The van der Waals surface area contributed by atoms with E-state index in [9.17, 15) is 9.18 Å². The standard InChI is InChI=1S/C13H16FN3O2/c1-3-13(2)7-10(16-17-12(15)18)9-5-4-8(14)6-11(9)19-13/h4-6H,3,7H2,1-2H3,(H3,15,17,18)/b16-10+. The molecule has 0 aliphatic carbocycles. The van der Waals surface area contributed by atoms with Gasteiger partial charge in [0.15, 0.2) is 0 Å². The zero-order valence-electron chi connectivity index (χ0n) is 10.9. The van der Waals surface area contributed by atoms with Crippen molar-refractivity contribution in [2.45, 2.75) is 32.3 Å². The monoisotopic (exact) mass is 265 g/mol. The summed E-state index contributed by atoms with van der Waals surface area (Å²) in [5.74, 6) is 0.0573. The van der Waals surface area contributed by atoms with E-state index in [-0.39, 0.29) is 5.82 Å². The third-order valence-electron chi connectivity index (χ3n) is 3.20. The molecule has 0 aromatic heterocycles. The Kier molecular flexibility index (Phi) is 3.42. The summed E-state index contributed by atoms with van der Waals surface area (Å²) in [6.07, 6.45) is 1.25. The van der Waals surface area contributed by atoms with Gasteiger partial charge in [-0.1, -0.05) is 6.92 Å². The molecule has 0 fully saturated rings. The highest BCUT2D eigenvalue weighted by Gasteiger charge is 2.34. The van der Waals surface area contributed by atoms with E-state index >= 15 is 0 Å². The van der Waals surface area contributed by atoms with Gasteiger partial charge in [0, 0.05) is 18.1 Å². The third-order valence-corrected chi connectivity index (χ3v) is 3.20. The lowest BCUT2D eigenvalue weighted by molar-refractivity contribution is 0.0857. The summed E-state index contributed by atoms with van der Waals surface area (Å²) in [6, 6.07) is 3.50. The quantitative estimate of drug-likeness (QED) is 0.804. The molecule has 1 aromatic rings. The number of hydrogen-bond acceptors (Lipinski definition) is 3. The van der Waals surface area contributed by atoms with Gasteiger partial charge in [0.2, 0.25) is 0 Å². The van der Waals surface area contributed by atoms with Gasteiger partial charge in [-0.2, -0.15) is 5.10 Å². The molecule has 2 rings (SSSR count). The number of benzene rings is 1. The van der Waals surface area contributed by atoms with Gasteiger partial charge in [-0.05, 0) is 25.5 Å². The van der Waals surface area contributed by atoms with Crippen molar-refractivity contribution in [1.29, 1.82) is 0 Å². The second-order valence-corrected chi connectivity index (χ2v) is 4.76. The number of ether oxygens (including phenoxy) is 1. The lowest BCUT2D eigenvalue weighted by Gasteiger charge is -2.35. The molecule has 3 N–H and O–H groups in total. The Hall–Kier alpha value is -2.11. The second kappa shape index (κ2) is 4.87. The van der Waals surface area contributed by atoms with Gasteiger partial charge in [0.1, 0.15) is 17.2 Å². The third kappa shape index (κ3) is 2.83. The molecule has 5 nitrogen and oxygen atoms in total. The number of rotatable bonds is 2. The number of carbonyl (C=O) groups excluding carboxylic acids is 1. The van der Waals surface area contributed by atoms with E-state index < -0.39 is 11.6 Å². The van der Waals surface area contributed by atoms with E-state index in [1.807, 2.05) is 13.8 Å². The first kappa shape index (κ1) is 13.3. The van der Waals surface area contributed by atoms with Crippen LogP contribution in [-0.2, 0) is 0 Å². The molecule has 1 aliphatic heterocycles. The van der Waals surface area contributed by atoms with E-state index in [4.69, 9.17) is 10.5 Å². The van der Waals surface area contributed by atoms with Crippen LogP contribution in [-0.4, -0.2) is 17.3 Å². The predicted octanol–water partition coefficient (Wildman–Crippen LogP) is 2.15. The van der Waals surface area contributed by atoms with E-state index in [0.717, 1.165) is 6.42 Å². The van der Waals surface area contributed by atoms with Gasteiger partial charge in [-0.25, -0.2) is 14.6 Å². The summed E-state index contributed by atoms with van der Waals surface area (Å²) in [4.78, 5) is 10.8. The highest BCUT2D eigenvalue weighted by Crippen LogP contribution is 2.35. The van der Waals surface area contributed by atoms with Crippen molar-refractivity contribution in [3.05, 3.63) is 29.6 Å². The number of halogens is 1. The van der Waals surface area contributed by atoms with Crippen LogP contribution in [0.1, 0.15) is 32.3 Å². The average Bonchev–Trinajstić information content (AvgIpc) is 2.35. The molecular weight excluding hydrogens is 249 g/mol. The Morgan fingerprint density at radius 2 is 2.37 bits per heavy atom. The second-order valence-electron chi connectivity index (χ2n) is 4.76. The zero-order valence-corrected chi connectivity index (χ0v) is 10.9. The summed E-state index contributed by atoms with van der Waals surface area (Å²) >= 11 is 0. The van der Waals surface area contributed by atoms with Crippen LogP contribution in [0.15, 0.2) is 23.3 Å². The van der Waals surface area contributed by atoms with E-state index in [1.54, 1.807) is 6.07 Å². The Balaban J connectivity index is 2.44. The van der Waals surface area contributed by atoms with Crippen LogP contribution in [0.4, 0.5) is 9.18 Å². The van der Waals surface area contributed by atoms with Crippen LogP contribution >= 0.6 is 0 Å². The molecule has 1 aliphatic rings. The maximum absolute atomic E-state index is 13.3. The van der Waals surface area contributed by atoms with Gasteiger partial charge in [0.05, 0.1) is 5.71 Å². The molecule has 1 heterocycles. The fraction of sp³-hybridized carbons (Fsp3) is 0.385. The van der Waals surface area contributed by atoms with Crippen molar-refractivity contribution in [3.63, 3.8) is 0 Å². The smallest absolute Gasteiger partial charge is 0.332 e. The molecule has 1 aromatic carbocycles. The Labute approximate surface area is 110 Å². The molecule has 0 bridgehead atoms. The molecule has 2 amide bonds. The first-order chi connectivity index (χ1) is 8.93. The maximum Gasteiger partial charge on any atom is 0.332 e. The summed E-state index contributed by atoms with van der Waals surface area (Å²) in [7, 11) is 0. The number of amides is 2. The van der Waals surface area contributed by atoms with Crippen molar-refractivity contribution in [3.8, 4) is 5.75 Å². The summed E-state index contributed by atoms with van der Waals surface area (Å²) in [6.45, 7) is 3.89. The van der Waals surface area contributed by atoms with Crippen molar-refractivity contribution in [1.82, 2.24) is 5.43 Å². The van der Waals surface area contributed by atoms with Crippen molar-refractivity contribution < 1.29 is 13.9 Å². The first-order valence-corrected chi connectivity index (χ1v) is 6.04. The number of nitrogens with one attached hydrogen (secondary N) is 1. The number of hydrazone groups is 1. The molecule has 0 spiro atoms. The normalized spacial score (nSPS) is 23.6. The number of nitrogens with zero attached hydrogens (tertiary/aromatic N) is 1. The molecule has 6 heteroatoms. The topological polar surface area (TPSA) is 76.7 Å². The number of nitrogens with two attached hydrogens (primary N) is 1. The number of fused-ring (bicyclic) bond motifs is 1.